The van der Waals surface area contributed by atoms with E-state index in [9.17, 15) is 13.2 Å². The van der Waals surface area contributed by atoms with Gasteiger partial charge in [-0.05, 0) is 55.0 Å². The number of amides is 1. The fraction of sp³-hybridized carbons (Fsp3) is 0.435. The van der Waals surface area contributed by atoms with E-state index in [0.717, 1.165) is 37.4 Å². The van der Waals surface area contributed by atoms with Crippen LogP contribution in [0.25, 0.3) is 0 Å². The molecule has 0 aliphatic carbocycles. The highest BCUT2D eigenvalue weighted by atomic mass is 32.2. The molecule has 32 heavy (non-hydrogen) atoms. The van der Waals surface area contributed by atoms with Crippen LogP contribution in [0, 0.1) is 0 Å². The summed E-state index contributed by atoms with van der Waals surface area (Å²) in [7, 11) is -1.88. The molecule has 1 aliphatic heterocycles. The Morgan fingerprint density at radius 1 is 0.969 bits per heavy atom. The Kier molecular flexibility index (Phi) is 8.35. The van der Waals surface area contributed by atoms with Crippen LogP contribution in [-0.2, 0) is 14.8 Å². The van der Waals surface area contributed by atoms with Crippen molar-refractivity contribution in [2.75, 3.05) is 51.3 Å². The zero-order chi connectivity index (χ0) is 23.0. The van der Waals surface area contributed by atoms with Crippen LogP contribution < -0.4 is 19.1 Å². The predicted octanol–water partition coefficient (Wildman–Crippen LogP) is 2.50. The first-order valence-corrected chi connectivity index (χ1v) is 12.3. The van der Waals surface area contributed by atoms with Crippen molar-refractivity contribution in [1.82, 2.24) is 9.62 Å². The van der Waals surface area contributed by atoms with E-state index < -0.39 is 10.0 Å². The molecule has 0 radical (unpaired) electrons. The summed E-state index contributed by atoms with van der Waals surface area (Å²) >= 11 is 0. The third-order valence-electron chi connectivity index (χ3n) is 5.39. The minimum atomic E-state index is -3.52. The number of piperazine rings is 1. The van der Waals surface area contributed by atoms with Gasteiger partial charge in [-0.25, -0.2) is 13.1 Å². The van der Waals surface area contributed by atoms with Gasteiger partial charge >= 0.3 is 0 Å². The molecule has 2 aromatic rings. The number of nitrogens with one attached hydrogen (secondary N) is 1. The van der Waals surface area contributed by atoms with E-state index in [1.54, 1.807) is 24.1 Å². The van der Waals surface area contributed by atoms with Crippen molar-refractivity contribution >= 4 is 21.6 Å². The van der Waals surface area contributed by atoms with Gasteiger partial charge < -0.3 is 19.3 Å². The number of benzene rings is 2. The quantitative estimate of drug-likeness (QED) is 0.547. The Morgan fingerprint density at radius 2 is 1.59 bits per heavy atom. The summed E-state index contributed by atoms with van der Waals surface area (Å²) < 4.78 is 37.8. The van der Waals surface area contributed by atoms with E-state index in [1.165, 1.54) is 12.1 Å². The molecule has 8 nitrogen and oxygen atoms in total. The zero-order valence-corrected chi connectivity index (χ0v) is 19.4. The molecular formula is C23H31N3O5S. The van der Waals surface area contributed by atoms with Gasteiger partial charge in [0.1, 0.15) is 11.5 Å². The molecule has 1 heterocycles. The Labute approximate surface area is 190 Å². The second-order valence-electron chi connectivity index (χ2n) is 7.58. The fourth-order valence-corrected chi connectivity index (χ4v) is 4.50. The van der Waals surface area contributed by atoms with Gasteiger partial charge in [0.2, 0.25) is 10.0 Å². The van der Waals surface area contributed by atoms with E-state index in [-0.39, 0.29) is 17.4 Å². The average molecular weight is 462 g/mol. The molecule has 9 heteroatoms. The van der Waals surface area contributed by atoms with E-state index >= 15 is 0 Å². The summed E-state index contributed by atoms with van der Waals surface area (Å²) in [5, 5.41) is 0. The molecule has 1 fully saturated rings. The first kappa shape index (κ1) is 23.9. The molecule has 0 spiro atoms. The van der Waals surface area contributed by atoms with Gasteiger partial charge in [0.15, 0.2) is 6.61 Å². The molecule has 1 amide bonds. The molecule has 0 atom stereocenters. The maximum atomic E-state index is 12.5. The Balaban J connectivity index is 1.45. The SMILES string of the molecule is CCCCNS(=O)(=O)c1ccc(OCC(=O)N2CCN(c3ccc(OC)cc3)CC2)cc1. The van der Waals surface area contributed by atoms with Gasteiger partial charge in [0, 0.05) is 38.4 Å². The summed E-state index contributed by atoms with van der Waals surface area (Å²) in [5.41, 5.74) is 1.10. The maximum Gasteiger partial charge on any atom is 0.260 e. The van der Waals surface area contributed by atoms with Crippen LogP contribution in [-0.4, -0.2) is 65.7 Å². The lowest BCUT2D eigenvalue weighted by Gasteiger charge is -2.36. The van der Waals surface area contributed by atoms with Gasteiger partial charge in [-0.15, -0.1) is 0 Å². The molecule has 0 saturated carbocycles. The monoisotopic (exact) mass is 461 g/mol. The third-order valence-corrected chi connectivity index (χ3v) is 6.87. The molecular weight excluding hydrogens is 430 g/mol. The summed E-state index contributed by atoms with van der Waals surface area (Å²) in [6.07, 6.45) is 1.71. The summed E-state index contributed by atoms with van der Waals surface area (Å²) in [5.74, 6) is 1.19. The largest absolute Gasteiger partial charge is 0.497 e. The van der Waals surface area contributed by atoms with Crippen LogP contribution in [0.2, 0.25) is 0 Å². The lowest BCUT2D eigenvalue weighted by atomic mass is 10.2. The molecule has 0 aromatic heterocycles. The zero-order valence-electron chi connectivity index (χ0n) is 18.6. The average Bonchev–Trinajstić information content (AvgIpc) is 2.83. The van der Waals surface area contributed by atoms with Crippen LogP contribution in [0.5, 0.6) is 11.5 Å². The van der Waals surface area contributed by atoms with Crippen LogP contribution in [0.4, 0.5) is 5.69 Å². The Hall–Kier alpha value is -2.78. The lowest BCUT2D eigenvalue weighted by molar-refractivity contribution is -0.133. The number of methoxy groups -OCH3 is 1. The number of anilines is 1. The first-order chi connectivity index (χ1) is 15.4. The molecule has 2 aromatic carbocycles. The van der Waals surface area contributed by atoms with E-state index in [4.69, 9.17) is 9.47 Å². The topological polar surface area (TPSA) is 88.2 Å². The number of hydrogen-bond acceptors (Lipinski definition) is 6. The normalized spacial score (nSPS) is 14.3. The number of nitrogens with zero attached hydrogens (tertiary/aromatic N) is 2. The van der Waals surface area contributed by atoms with Gasteiger partial charge in [0.25, 0.3) is 5.91 Å². The minimum Gasteiger partial charge on any atom is -0.497 e. The number of hydrogen-bond donors (Lipinski definition) is 1. The standard InChI is InChI=1S/C23H31N3O5S/c1-3-4-13-24-32(28,29)22-11-9-21(10-12-22)31-18-23(27)26-16-14-25(15-17-26)19-5-7-20(30-2)8-6-19/h5-12,24H,3-4,13-18H2,1-2H3. The third kappa shape index (κ3) is 6.37. The van der Waals surface area contributed by atoms with Crippen LogP contribution in [0.1, 0.15) is 19.8 Å². The van der Waals surface area contributed by atoms with Crippen molar-refractivity contribution in [2.24, 2.45) is 0 Å². The highest BCUT2D eigenvalue weighted by Crippen LogP contribution is 2.21. The van der Waals surface area contributed by atoms with Gasteiger partial charge in [-0.3, -0.25) is 4.79 Å². The van der Waals surface area contributed by atoms with Gasteiger partial charge in [0.05, 0.1) is 12.0 Å². The fourth-order valence-electron chi connectivity index (χ4n) is 3.43. The summed E-state index contributed by atoms with van der Waals surface area (Å²) in [6.45, 7) is 5.07. The number of rotatable bonds is 10. The number of sulfonamides is 1. The molecule has 174 valence electrons. The molecule has 1 saturated heterocycles. The van der Waals surface area contributed by atoms with E-state index in [2.05, 4.69) is 9.62 Å². The summed E-state index contributed by atoms with van der Waals surface area (Å²) in [4.78, 5) is 16.7. The van der Waals surface area contributed by atoms with E-state index in [0.29, 0.717) is 25.4 Å². The maximum absolute atomic E-state index is 12.5. The second kappa shape index (κ2) is 11.2. The van der Waals surface area contributed by atoms with Gasteiger partial charge in [-0.2, -0.15) is 0 Å². The molecule has 0 unspecified atom stereocenters. The smallest absolute Gasteiger partial charge is 0.260 e. The Bertz CT molecular complexity index is 970. The van der Waals surface area contributed by atoms with Crippen molar-refractivity contribution < 1.29 is 22.7 Å². The molecule has 1 aliphatic rings. The second-order valence-corrected chi connectivity index (χ2v) is 9.34. The van der Waals surface area contributed by atoms with Crippen LogP contribution in [0.15, 0.2) is 53.4 Å². The minimum absolute atomic E-state index is 0.0800. The van der Waals surface area contributed by atoms with Crippen molar-refractivity contribution in [2.45, 2.75) is 24.7 Å². The van der Waals surface area contributed by atoms with Gasteiger partial charge in [-0.1, -0.05) is 13.3 Å². The highest BCUT2D eigenvalue weighted by molar-refractivity contribution is 7.89. The highest BCUT2D eigenvalue weighted by Gasteiger charge is 2.22. The molecule has 0 bridgehead atoms. The van der Waals surface area contributed by atoms with Crippen molar-refractivity contribution in [1.29, 1.82) is 0 Å². The van der Waals surface area contributed by atoms with Crippen LogP contribution >= 0.6 is 0 Å². The Morgan fingerprint density at radius 3 is 2.19 bits per heavy atom. The molecule has 1 N–H and O–H groups in total. The lowest BCUT2D eigenvalue weighted by Crippen LogP contribution is -2.50. The summed E-state index contributed by atoms with van der Waals surface area (Å²) in [6, 6.07) is 14.0. The number of carbonyl (C=O) groups excluding carboxylic acids is 1. The first-order valence-electron chi connectivity index (χ1n) is 10.8. The van der Waals surface area contributed by atoms with Crippen molar-refractivity contribution in [3.63, 3.8) is 0 Å². The predicted molar refractivity (Wildman–Crippen MR) is 124 cm³/mol. The number of carbonyl (C=O) groups is 1. The number of unbranched alkanes of at least 4 members (excludes halogenated alkanes) is 1. The van der Waals surface area contributed by atoms with E-state index in [1.807, 2.05) is 31.2 Å². The molecule has 3 rings (SSSR count). The van der Waals surface area contributed by atoms with Crippen LogP contribution in [0.3, 0.4) is 0 Å². The number of ether oxygens (including phenoxy) is 2. The van der Waals surface area contributed by atoms with Crippen molar-refractivity contribution in [3.05, 3.63) is 48.5 Å². The van der Waals surface area contributed by atoms with Crippen molar-refractivity contribution in [3.8, 4) is 11.5 Å².